The Morgan fingerprint density at radius 1 is 1.07 bits per heavy atom. The number of anilines is 1. The number of ether oxygens (including phenoxy) is 3. The number of nitrogens with zero attached hydrogens (tertiary/aromatic N) is 2. The first-order valence-corrected chi connectivity index (χ1v) is 11.2. The number of rotatable bonds is 5. The molecule has 0 radical (unpaired) electrons. The smallest absolute Gasteiger partial charge is 0.210 e. The molecule has 1 aliphatic rings. The van der Waals surface area contributed by atoms with Gasteiger partial charge in [-0.15, -0.1) is 0 Å². The van der Waals surface area contributed by atoms with E-state index < -0.39 is 9.84 Å². The van der Waals surface area contributed by atoms with Crippen LogP contribution in [0.4, 0.5) is 5.69 Å². The molecule has 1 saturated heterocycles. The van der Waals surface area contributed by atoms with Crippen molar-refractivity contribution in [3.05, 3.63) is 47.6 Å². The lowest BCUT2D eigenvalue weighted by molar-refractivity contribution is 0.122. The molecule has 0 unspecified atom stereocenters. The molecule has 9 heteroatoms. The van der Waals surface area contributed by atoms with Crippen LogP contribution in [0.3, 0.4) is 0 Å². The quantitative estimate of drug-likeness (QED) is 0.590. The van der Waals surface area contributed by atoms with Gasteiger partial charge in [0.05, 0.1) is 48.6 Å². The van der Waals surface area contributed by atoms with Crippen molar-refractivity contribution < 1.29 is 22.6 Å². The Morgan fingerprint density at radius 3 is 2.50 bits per heavy atom. The molecular weight excluding hydrogens is 428 g/mol. The molecule has 1 aromatic heterocycles. The van der Waals surface area contributed by atoms with E-state index in [1.165, 1.54) is 25.4 Å². The van der Waals surface area contributed by atoms with E-state index in [0.717, 1.165) is 0 Å². The molecule has 30 heavy (non-hydrogen) atoms. The molecule has 2 aromatic carbocycles. The third kappa shape index (κ3) is 3.66. The molecule has 1 aliphatic heterocycles. The molecule has 1 fully saturated rings. The molecule has 0 N–H and O–H groups in total. The summed E-state index contributed by atoms with van der Waals surface area (Å²) < 4.78 is 43.2. The van der Waals surface area contributed by atoms with Crippen molar-refractivity contribution in [1.82, 2.24) is 4.98 Å². The van der Waals surface area contributed by atoms with E-state index in [0.29, 0.717) is 54.4 Å². The van der Waals surface area contributed by atoms with Gasteiger partial charge in [-0.25, -0.2) is 8.42 Å². The second kappa shape index (κ2) is 8.29. The highest BCUT2D eigenvalue weighted by Gasteiger charge is 2.28. The van der Waals surface area contributed by atoms with Crippen LogP contribution in [0.15, 0.2) is 52.4 Å². The van der Waals surface area contributed by atoms with Gasteiger partial charge in [0, 0.05) is 24.7 Å². The zero-order valence-corrected chi connectivity index (χ0v) is 18.2. The summed E-state index contributed by atoms with van der Waals surface area (Å²) in [5.74, 6) is 1.03. The number of pyridine rings is 1. The van der Waals surface area contributed by atoms with E-state index in [1.807, 2.05) is 17.0 Å². The van der Waals surface area contributed by atoms with Crippen LogP contribution in [0.5, 0.6) is 11.5 Å². The fraction of sp³-hybridized carbons (Fsp3) is 0.286. The molecule has 2 heterocycles. The molecule has 4 rings (SSSR count). The van der Waals surface area contributed by atoms with Crippen molar-refractivity contribution in [3.63, 3.8) is 0 Å². The summed E-state index contributed by atoms with van der Waals surface area (Å²) in [7, 11) is -0.852. The van der Waals surface area contributed by atoms with Gasteiger partial charge in [0.25, 0.3) is 0 Å². The molecule has 0 bridgehead atoms. The van der Waals surface area contributed by atoms with Crippen molar-refractivity contribution in [1.29, 1.82) is 0 Å². The number of methoxy groups -OCH3 is 2. The van der Waals surface area contributed by atoms with Crippen molar-refractivity contribution in [2.45, 2.75) is 9.79 Å². The molecule has 3 aromatic rings. The first-order chi connectivity index (χ1) is 14.5. The minimum absolute atomic E-state index is 0.0758. The van der Waals surface area contributed by atoms with Gasteiger partial charge in [-0.3, -0.25) is 4.98 Å². The highest BCUT2D eigenvalue weighted by molar-refractivity contribution is 7.91. The number of hydrogen-bond donors (Lipinski definition) is 0. The predicted octanol–water partition coefficient (Wildman–Crippen LogP) is 3.57. The zero-order valence-electron chi connectivity index (χ0n) is 16.6. The highest BCUT2D eigenvalue weighted by Crippen LogP contribution is 2.38. The Hall–Kier alpha value is -2.55. The average molecular weight is 449 g/mol. The van der Waals surface area contributed by atoms with Crippen molar-refractivity contribution in [3.8, 4) is 11.5 Å². The first-order valence-electron chi connectivity index (χ1n) is 9.34. The van der Waals surface area contributed by atoms with Crippen LogP contribution in [0.1, 0.15) is 0 Å². The van der Waals surface area contributed by atoms with E-state index in [1.54, 1.807) is 19.2 Å². The van der Waals surface area contributed by atoms with Crippen molar-refractivity contribution in [2.75, 3.05) is 45.4 Å². The van der Waals surface area contributed by atoms with Gasteiger partial charge in [-0.1, -0.05) is 11.6 Å². The summed E-state index contributed by atoms with van der Waals surface area (Å²) in [6.07, 6.45) is 1.41. The minimum Gasteiger partial charge on any atom is -0.497 e. The number of aromatic nitrogens is 1. The van der Waals surface area contributed by atoms with E-state index >= 15 is 0 Å². The summed E-state index contributed by atoms with van der Waals surface area (Å²) in [5, 5.41) is 0.929. The third-order valence-electron chi connectivity index (χ3n) is 5.06. The third-order valence-corrected chi connectivity index (χ3v) is 7.11. The molecular formula is C21H21ClN2O5S. The van der Waals surface area contributed by atoms with Crippen LogP contribution in [-0.2, 0) is 14.6 Å². The van der Waals surface area contributed by atoms with E-state index in [4.69, 9.17) is 25.8 Å². The normalized spacial score (nSPS) is 14.7. The first kappa shape index (κ1) is 20.7. The van der Waals surface area contributed by atoms with Crippen LogP contribution >= 0.6 is 11.6 Å². The lowest BCUT2D eigenvalue weighted by atomic mass is 10.1. The number of hydrogen-bond acceptors (Lipinski definition) is 7. The summed E-state index contributed by atoms with van der Waals surface area (Å²) >= 11 is 6.20. The van der Waals surface area contributed by atoms with Crippen LogP contribution in [-0.4, -0.2) is 53.9 Å². The maximum absolute atomic E-state index is 13.6. The van der Waals surface area contributed by atoms with Crippen LogP contribution in [0, 0.1) is 0 Å². The number of benzene rings is 2. The zero-order chi connectivity index (χ0) is 21.3. The molecule has 0 aliphatic carbocycles. The van der Waals surface area contributed by atoms with Crippen LogP contribution in [0.25, 0.3) is 10.9 Å². The van der Waals surface area contributed by atoms with Gasteiger partial charge in [0.15, 0.2) is 0 Å². The molecule has 7 nitrogen and oxygen atoms in total. The number of halogens is 1. The standard InChI is InChI=1S/C21H21ClN2O5S/c1-27-14-3-5-18-16(11-14)21(24-7-9-29-10-8-24)20(13-23-18)30(25,26)15-4-6-19(28-2)17(22)12-15/h3-6,11-13H,7-10H2,1-2H3. The van der Waals surface area contributed by atoms with Crippen LogP contribution < -0.4 is 14.4 Å². The fourth-order valence-electron chi connectivity index (χ4n) is 3.52. The Labute approximate surface area is 180 Å². The lowest BCUT2D eigenvalue weighted by Crippen LogP contribution is -2.37. The number of morpholine rings is 1. The average Bonchev–Trinajstić information content (AvgIpc) is 2.78. The fourth-order valence-corrected chi connectivity index (χ4v) is 5.30. The maximum Gasteiger partial charge on any atom is 0.210 e. The van der Waals surface area contributed by atoms with E-state index in [2.05, 4.69) is 4.98 Å². The number of sulfone groups is 1. The molecule has 0 amide bonds. The lowest BCUT2D eigenvalue weighted by Gasteiger charge is -2.31. The largest absolute Gasteiger partial charge is 0.497 e. The minimum atomic E-state index is -3.90. The second-order valence-corrected chi connectivity index (χ2v) is 9.08. The van der Waals surface area contributed by atoms with Crippen molar-refractivity contribution in [2.24, 2.45) is 0 Å². The van der Waals surface area contributed by atoms with E-state index in [9.17, 15) is 8.42 Å². The maximum atomic E-state index is 13.6. The van der Waals surface area contributed by atoms with Crippen LogP contribution in [0.2, 0.25) is 5.02 Å². The Balaban J connectivity index is 1.96. The number of fused-ring (bicyclic) bond motifs is 1. The topological polar surface area (TPSA) is 78.0 Å². The molecule has 0 atom stereocenters. The van der Waals surface area contributed by atoms with Gasteiger partial charge in [-0.2, -0.15) is 0 Å². The van der Waals surface area contributed by atoms with E-state index in [-0.39, 0.29) is 14.8 Å². The predicted molar refractivity (Wildman–Crippen MR) is 115 cm³/mol. The summed E-state index contributed by atoms with van der Waals surface area (Å²) in [6.45, 7) is 2.17. The van der Waals surface area contributed by atoms with Gasteiger partial charge in [0.2, 0.25) is 9.84 Å². The van der Waals surface area contributed by atoms with Gasteiger partial charge in [0.1, 0.15) is 16.4 Å². The Bertz CT molecular complexity index is 1190. The monoisotopic (exact) mass is 448 g/mol. The molecule has 0 spiro atoms. The molecule has 0 saturated carbocycles. The summed E-state index contributed by atoms with van der Waals surface area (Å²) in [4.78, 5) is 6.62. The van der Waals surface area contributed by atoms with Gasteiger partial charge >= 0.3 is 0 Å². The Morgan fingerprint density at radius 2 is 1.83 bits per heavy atom. The SMILES string of the molecule is COc1ccc2ncc(S(=O)(=O)c3ccc(OC)c(Cl)c3)c(N3CCOCC3)c2c1. The molecule has 158 valence electrons. The highest BCUT2D eigenvalue weighted by atomic mass is 35.5. The van der Waals surface area contributed by atoms with Gasteiger partial charge < -0.3 is 19.1 Å². The Kier molecular flexibility index (Phi) is 5.73. The second-order valence-electron chi connectivity index (χ2n) is 6.75. The summed E-state index contributed by atoms with van der Waals surface area (Å²) in [6, 6.07) is 9.86. The van der Waals surface area contributed by atoms with Gasteiger partial charge in [-0.05, 0) is 36.4 Å². The summed E-state index contributed by atoms with van der Waals surface area (Å²) in [5.41, 5.74) is 1.28. The van der Waals surface area contributed by atoms with Crippen molar-refractivity contribution >= 4 is 38.0 Å².